The molecular weight excluding hydrogens is 308 g/mol. The third-order valence-electron chi connectivity index (χ3n) is 5.33. The van der Waals surface area contributed by atoms with Crippen molar-refractivity contribution < 1.29 is 9.84 Å². The Morgan fingerprint density at radius 3 is 1.08 bits per heavy atom. The van der Waals surface area contributed by atoms with Crippen LogP contribution in [0, 0.1) is 0 Å². The normalized spacial score (nSPS) is 12.6. The van der Waals surface area contributed by atoms with E-state index in [-0.39, 0.29) is 0 Å². The van der Waals surface area contributed by atoms with Gasteiger partial charge in [0.1, 0.15) is 0 Å². The highest BCUT2D eigenvalue weighted by molar-refractivity contribution is 4.51. The van der Waals surface area contributed by atoms with Gasteiger partial charge in [0.05, 0.1) is 0 Å². The highest BCUT2D eigenvalue weighted by Crippen LogP contribution is 2.15. The summed E-state index contributed by atoms with van der Waals surface area (Å²) in [7, 11) is 1.57. The second kappa shape index (κ2) is 22.0. The van der Waals surface area contributed by atoms with Gasteiger partial charge in [0.2, 0.25) is 0 Å². The molecule has 0 aliphatic rings. The van der Waals surface area contributed by atoms with Crippen molar-refractivity contribution in [3.63, 3.8) is 0 Å². The van der Waals surface area contributed by atoms with Gasteiger partial charge in [-0.05, 0) is 12.8 Å². The molecule has 0 rings (SSSR count). The van der Waals surface area contributed by atoms with E-state index in [2.05, 4.69) is 6.92 Å². The summed E-state index contributed by atoms with van der Waals surface area (Å²) in [5, 5.41) is 9.28. The molecule has 152 valence electrons. The minimum absolute atomic E-state index is 0.550. The summed E-state index contributed by atoms with van der Waals surface area (Å²) in [5.41, 5.74) is 0. The van der Waals surface area contributed by atoms with Gasteiger partial charge in [-0.2, -0.15) is 0 Å². The number of unbranched alkanes of at least 4 members (excludes halogenated alkanes) is 18. The van der Waals surface area contributed by atoms with Crippen LogP contribution in [0.2, 0.25) is 0 Å². The Kier molecular flexibility index (Phi) is 21.9. The molecule has 0 aliphatic carbocycles. The van der Waals surface area contributed by atoms with Gasteiger partial charge in [0, 0.05) is 7.11 Å². The summed E-state index contributed by atoms with van der Waals surface area (Å²) in [6, 6.07) is 0. The lowest BCUT2D eigenvalue weighted by Crippen LogP contribution is -2.07. The first-order valence-electron chi connectivity index (χ1n) is 11.5. The summed E-state index contributed by atoms with van der Waals surface area (Å²) in [6.45, 7) is 2.29. The predicted octanol–water partition coefficient (Wildman–Crippen LogP) is 7.77. The largest absolute Gasteiger partial charge is 0.368 e. The van der Waals surface area contributed by atoms with Crippen molar-refractivity contribution in [2.75, 3.05) is 7.11 Å². The topological polar surface area (TPSA) is 29.5 Å². The molecule has 1 atom stereocenters. The van der Waals surface area contributed by atoms with Gasteiger partial charge in [-0.15, -0.1) is 0 Å². The molecule has 0 radical (unpaired) electrons. The molecule has 2 heteroatoms. The first-order valence-corrected chi connectivity index (χ1v) is 11.5. The van der Waals surface area contributed by atoms with Crippen LogP contribution in [0.25, 0.3) is 0 Å². The van der Waals surface area contributed by atoms with Crippen molar-refractivity contribution in [2.45, 2.75) is 142 Å². The maximum Gasteiger partial charge on any atom is 0.154 e. The predicted molar refractivity (Wildman–Crippen MR) is 111 cm³/mol. The van der Waals surface area contributed by atoms with Gasteiger partial charge in [-0.1, -0.05) is 122 Å². The molecule has 0 aromatic heterocycles. The average Bonchev–Trinajstić information content (AvgIpc) is 2.63. The molecule has 0 fully saturated rings. The minimum atomic E-state index is -0.550. The number of ether oxygens (including phenoxy) is 1. The molecule has 25 heavy (non-hydrogen) atoms. The van der Waals surface area contributed by atoms with Crippen LogP contribution < -0.4 is 0 Å². The maximum absolute atomic E-state index is 9.28. The third-order valence-corrected chi connectivity index (χ3v) is 5.33. The zero-order chi connectivity index (χ0) is 18.4. The van der Waals surface area contributed by atoms with E-state index in [0.29, 0.717) is 0 Å². The SMILES string of the molecule is CCCCCCCCCCCCCCCCCCCCC[C@H](O)OC. The number of hydrogen-bond acceptors (Lipinski definition) is 2. The Bertz CT molecular complexity index is 230. The highest BCUT2D eigenvalue weighted by Gasteiger charge is 2.00. The van der Waals surface area contributed by atoms with E-state index in [1.165, 1.54) is 116 Å². The molecular formula is C23H48O2. The third kappa shape index (κ3) is 21.9. The van der Waals surface area contributed by atoms with E-state index >= 15 is 0 Å². The van der Waals surface area contributed by atoms with E-state index in [1.807, 2.05) is 0 Å². The molecule has 0 aromatic carbocycles. The standard InChI is InChI=1S/C23H48O2/c1-3-4-5-6-7-8-9-10-11-12-13-14-15-16-17-18-19-20-21-22-23(24)25-2/h23-24H,3-22H2,1-2H3/t23-/m1/s1. The quantitative estimate of drug-likeness (QED) is 0.168. The van der Waals surface area contributed by atoms with Crippen LogP contribution in [-0.2, 0) is 4.74 Å². The fourth-order valence-corrected chi connectivity index (χ4v) is 3.52. The Hall–Kier alpha value is -0.0800. The minimum Gasteiger partial charge on any atom is -0.368 e. The highest BCUT2D eigenvalue weighted by atomic mass is 16.6. The van der Waals surface area contributed by atoms with Crippen molar-refractivity contribution in [2.24, 2.45) is 0 Å². The number of methoxy groups -OCH3 is 1. The van der Waals surface area contributed by atoms with E-state index in [1.54, 1.807) is 7.11 Å². The molecule has 0 saturated carbocycles. The van der Waals surface area contributed by atoms with Crippen molar-refractivity contribution in [3.8, 4) is 0 Å². The molecule has 0 bridgehead atoms. The lowest BCUT2D eigenvalue weighted by Gasteiger charge is -2.07. The summed E-state index contributed by atoms with van der Waals surface area (Å²) in [4.78, 5) is 0. The van der Waals surface area contributed by atoms with Gasteiger partial charge in [0.15, 0.2) is 6.29 Å². The zero-order valence-electron chi connectivity index (χ0n) is 17.6. The molecule has 0 spiro atoms. The Morgan fingerprint density at radius 1 is 0.520 bits per heavy atom. The van der Waals surface area contributed by atoms with Crippen molar-refractivity contribution in [3.05, 3.63) is 0 Å². The van der Waals surface area contributed by atoms with E-state index in [4.69, 9.17) is 4.74 Å². The fourth-order valence-electron chi connectivity index (χ4n) is 3.52. The zero-order valence-corrected chi connectivity index (χ0v) is 17.6. The van der Waals surface area contributed by atoms with E-state index in [9.17, 15) is 5.11 Å². The van der Waals surface area contributed by atoms with Gasteiger partial charge >= 0.3 is 0 Å². The lowest BCUT2D eigenvalue weighted by atomic mass is 10.0. The number of hydrogen-bond donors (Lipinski definition) is 1. The molecule has 0 aromatic rings. The molecule has 0 heterocycles. The first kappa shape index (κ1) is 24.9. The van der Waals surface area contributed by atoms with Crippen LogP contribution in [-0.4, -0.2) is 18.5 Å². The Balaban J connectivity index is 2.98. The Morgan fingerprint density at radius 2 is 0.800 bits per heavy atom. The van der Waals surface area contributed by atoms with Gasteiger partial charge in [-0.25, -0.2) is 0 Å². The van der Waals surface area contributed by atoms with Crippen LogP contribution in [0.15, 0.2) is 0 Å². The monoisotopic (exact) mass is 356 g/mol. The molecule has 1 N–H and O–H groups in total. The van der Waals surface area contributed by atoms with Crippen molar-refractivity contribution >= 4 is 0 Å². The number of rotatable bonds is 21. The molecule has 0 amide bonds. The molecule has 2 nitrogen and oxygen atoms in total. The molecule has 0 unspecified atom stereocenters. The van der Waals surface area contributed by atoms with Crippen LogP contribution >= 0.6 is 0 Å². The smallest absolute Gasteiger partial charge is 0.154 e. The Labute approximate surface area is 159 Å². The summed E-state index contributed by atoms with van der Waals surface area (Å²) >= 11 is 0. The van der Waals surface area contributed by atoms with Crippen LogP contribution in [0.4, 0.5) is 0 Å². The van der Waals surface area contributed by atoms with Crippen molar-refractivity contribution in [1.82, 2.24) is 0 Å². The maximum atomic E-state index is 9.28. The summed E-state index contributed by atoms with van der Waals surface area (Å²) in [5.74, 6) is 0. The van der Waals surface area contributed by atoms with Crippen LogP contribution in [0.3, 0.4) is 0 Å². The van der Waals surface area contributed by atoms with Gasteiger partial charge < -0.3 is 9.84 Å². The average molecular weight is 357 g/mol. The second-order valence-corrected chi connectivity index (χ2v) is 7.84. The van der Waals surface area contributed by atoms with Gasteiger partial charge in [0.25, 0.3) is 0 Å². The molecule has 0 saturated heterocycles. The second-order valence-electron chi connectivity index (χ2n) is 7.84. The number of aliphatic hydroxyl groups is 1. The van der Waals surface area contributed by atoms with Crippen LogP contribution in [0.5, 0.6) is 0 Å². The lowest BCUT2D eigenvalue weighted by molar-refractivity contribution is -0.0793. The van der Waals surface area contributed by atoms with Gasteiger partial charge in [-0.3, -0.25) is 0 Å². The molecule has 0 aliphatic heterocycles. The van der Waals surface area contributed by atoms with E-state index in [0.717, 1.165) is 12.8 Å². The summed E-state index contributed by atoms with van der Waals surface area (Å²) in [6.07, 6.45) is 26.9. The first-order chi connectivity index (χ1) is 12.3. The van der Waals surface area contributed by atoms with E-state index < -0.39 is 6.29 Å². The fraction of sp³-hybridized carbons (Fsp3) is 1.00. The number of aliphatic hydroxyl groups excluding tert-OH is 1. The van der Waals surface area contributed by atoms with Crippen LogP contribution in [0.1, 0.15) is 135 Å². The summed E-state index contributed by atoms with van der Waals surface area (Å²) < 4.78 is 4.84. The van der Waals surface area contributed by atoms with Crippen molar-refractivity contribution in [1.29, 1.82) is 0 Å².